The average molecular weight is 246 g/mol. The number of nitrogens with one attached hydrogen (secondary N) is 1. The molecule has 1 heterocycles. The maximum atomic E-state index is 5.32. The standard InChI is InChI=1S/C13H18N4O/c1-10(13-16-15-9-17(13)2)14-8-11-6-4-5-7-12(11)18-3/h4-7,9-10,14H,8H2,1-3H3. The average Bonchev–Trinajstić information content (AvgIpc) is 2.82. The Bertz CT molecular complexity index is 509. The van der Waals surface area contributed by atoms with Crippen LogP contribution in [0.4, 0.5) is 0 Å². The van der Waals surface area contributed by atoms with Crippen LogP contribution in [0.15, 0.2) is 30.6 Å². The van der Waals surface area contributed by atoms with Crippen molar-refractivity contribution in [2.45, 2.75) is 19.5 Å². The van der Waals surface area contributed by atoms with Crippen LogP contribution in [0.2, 0.25) is 0 Å². The van der Waals surface area contributed by atoms with Gasteiger partial charge in [-0.1, -0.05) is 18.2 Å². The van der Waals surface area contributed by atoms with E-state index in [0.717, 1.165) is 23.7 Å². The summed E-state index contributed by atoms with van der Waals surface area (Å²) in [5.74, 6) is 1.82. The Labute approximate surface area is 107 Å². The number of nitrogens with zero attached hydrogens (tertiary/aromatic N) is 3. The van der Waals surface area contributed by atoms with Gasteiger partial charge in [-0.15, -0.1) is 10.2 Å². The SMILES string of the molecule is COc1ccccc1CNC(C)c1nncn1C. The summed E-state index contributed by atoms with van der Waals surface area (Å²) in [6.07, 6.45) is 1.70. The molecule has 96 valence electrons. The zero-order chi connectivity index (χ0) is 13.0. The van der Waals surface area contributed by atoms with Crippen molar-refractivity contribution in [1.82, 2.24) is 20.1 Å². The van der Waals surface area contributed by atoms with Crippen molar-refractivity contribution in [3.8, 4) is 5.75 Å². The summed E-state index contributed by atoms with van der Waals surface area (Å²) < 4.78 is 7.24. The Morgan fingerprint density at radius 2 is 2.17 bits per heavy atom. The van der Waals surface area contributed by atoms with Crippen LogP contribution in [0.5, 0.6) is 5.75 Å². The highest BCUT2D eigenvalue weighted by Crippen LogP contribution is 2.18. The number of para-hydroxylation sites is 1. The van der Waals surface area contributed by atoms with E-state index >= 15 is 0 Å². The van der Waals surface area contributed by atoms with Gasteiger partial charge in [-0.05, 0) is 13.0 Å². The molecule has 1 atom stereocenters. The van der Waals surface area contributed by atoms with E-state index in [9.17, 15) is 0 Å². The molecular formula is C13H18N4O. The van der Waals surface area contributed by atoms with E-state index in [1.54, 1.807) is 13.4 Å². The van der Waals surface area contributed by atoms with Gasteiger partial charge < -0.3 is 14.6 Å². The molecule has 1 aromatic heterocycles. The van der Waals surface area contributed by atoms with Crippen LogP contribution in [0.25, 0.3) is 0 Å². The minimum atomic E-state index is 0.141. The maximum Gasteiger partial charge on any atom is 0.149 e. The van der Waals surface area contributed by atoms with Crippen LogP contribution in [0.1, 0.15) is 24.4 Å². The fourth-order valence-electron chi connectivity index (χ4n) is 1.89. The van der Waals surface area contributed by atoms with Crippen molar-refractivity contribution in [2.75, 3.05) is 7.11 Å². The Hall–Kier alpha value is -1.88. The first-order valence-corrected chi connectivity index (χ1v) is 5.91. The van der Waals surface area contributed by atoms with Crippen LogP contribution >= 0.6 is 0 Å². The van der Waals surface area contributed by atoms with Gasteiger partial charge in [0.1, 0.15) is 17.9 Å². The summed E-state index contributed by atoms with van der Waals surface area (Å²) in [6, 6.07) is 8.13. The molecule has 5 heteroatoms. The molecule has 1 unspecified atom stereocenters. The molecule has 0 saturated heterocycles. The Morgan fingerprint density at radius 1 is 1.39 bits per heavy atom. The van der Waals surface area contributed by atoms with Gasteiger partial charge in [0.15, 0.2) is 0 Å². The summed E-state index contributed by atoms with van der Waals surface area (Å²) in [5.41, 5.74) is 1.13. The van der Waals surface area contributed by atoms with Gasteiger partial charge in [0.05, 0.1) is 13.2 Å². The van der Waals surface area contributed by atoms with Crippen LogP contribution in [0, 0.1) is 0 Å². The number of rotatable bonds is 5. The molecule has 0 saturated carbocycles. The molecule has 0 aliphatic rings. The molecule has 0 spiro atoms. The van der Waals surface area contributed by atoms with Gasteiger partial charge in [-0.25, -0.2) is 0 Å². The highest BCUT2D eigenvalue weighted by Gasteiger charge is 2.11. The van der Waals surface area contributed by atoms with E-state index in [-0.39, 0.29) is 6.04 Å². The first kappa shape index (κ1) is 12.6. The molecule has 2 aromatic rings. The van der Waals surface area contributed by atoms with Crippen LogP contribution in [-0.2, 0) is 13.6 Å². The molecule has 0 amide bonds. The van der Waals surface area contributed by atoms with Crippen LogP contribution in [-0.4, -0.2) is 21.9 Å². The lowest BCUT2D eigenvalue weighted by atomic mass is 10.2. The molecule has 0 fully saturated rings. The van der Waals surface area contributed by atoms with Crippen molar-refractivity contribution in [1.29, 1.82) is 0 Å². The number of aromatic nitrogens is 3. The fourth-order valence-corrected chi connectivity index (χ4v) is 1.89. The number of ether oxygens (including phenoxy) is 1. The van der Waals surface area contributed by atoms with E-state index in [1.165, 1.54) is 0 Å². The van der Waals surface area contributed by atoms with Gasteiger partial charge in [-0.3, -0.25) is 0 Å². The minimum absolute atomic E-state index is 0.141. The van der Waals surface area contributed by atoms with Crippen LogP contribution in [0.3, 0.4) is 0 Å². The lowest BCUT2D eigenvalue weighted by Crippen LogP contribution is -2.21. The predicted octanol–water partition coefficient (Wildman–Crippen LogP) is 1.67. The highest BCUT2D eigenvalue weighted by atomic mass is 16.5. The second-order valence-corrected chi connectivity index (χ2v) is 4.21. The normalized spacial score (nSPS) is 12.4. The van der Waals surface area contributed by atoms with E-state index < -0.39 is 0 Å². The second-order valence-electron chi connectivity index (χ2n) is 4.21. The van der Waals surface area contributed by atoms with Gasteiger partial charge in [0.25, 0.3) is 0 Å². The quantitative estimate of drug-likeness (QED) is 0.872. The smallest absolute Gasteiger partial charge is 0.149 e. The molecule has 18 heavy (non-hydrogen) atoms. The van der Waals surface area contributed by atoms with Gasteiger partial charge >= 0.3 is 0 Å². The van der Waals surface area contributed by atoms with Gasteiger partial charge in [0, 0.05) is 19.2 Å². The first-order chi connectivity index (χ1) is 8.72. The molecule has 0 aliphatic carbocycles. The molecule has 5 nitrogen and oxygen atoms in total. The molecule has 0 radical (unpaired) electrons. The summed E-state index contributed by atoms with van der Waals surface area (Å²) in [6.45, 7) is 2.80. The first-order valence-electron chi connectivity index (χ1n) is 5.91. The predicted molar refractivity (Wildman–Crippen MR) is 69.3 cm³/mol. The van der Waals surface area contributed by atoms with E-state index in [4.69, 9.17) is 4.74 Å². The second kappa shape index (κ2) is 5.64. The van der Waals surface area contributed by atoms with E-state index in [2.05, 4.69) is 28.5 Å². The topological polar surface area (TPSA) is 52.0 Å². The molecule has 0 bridgehead atoms. The molecule has 1 N–H and O–H groups in total. The van der Waals surface area contributed by atoms with Gasteiger partial charge in [-0.2, -0.15) is 0 Å². The summed E-state index contributed by atoms with van der Waals surface area (Å²) in [4.78, 5) is 0. The zero-order valence-corrected chi connectivity index (χ0v) is 10.9. The Kier molecular flexibility index (Phi) is 3.94. The molecule has 0 aliphatic heterocycles. The van der Waals surface area contributed by atoms with Crippen molar-refractivity contribution in [2.24, 2.45) is 7.05 Å². The number of methoxy groups -OCH3 is 1. The van der Waals surface area contributed by atoms with E-state index in [0.29, 0.717) is 0 Å². The summed E-state index contributed by atoms with van der Waals surface area (Å²) in [7, 11) is 3.63. The van der Waals surface area contributed by atoms with E-state index in [1.807, 2.05) is 29.8 Å². The van der Waals surface area contributed by atoms with Crippen molar-refractivity contribution >= 4 is 0 Å². The number of aryl methyl sites for hydroxylation is 1. The monoisotopic (exact) mass is 246 g/mol. The molecule has 1 aromatic carbocycles. The van der Waals surface area contributed by atoms with Crippen LogP contribution < -0.4 is 10.1 Å². The van der Waals surface area contributed by atoms with Crippen molar-refractivity contribution in [3.63, 3.8) is 0 Å². The van der Waals surface area contributed by atoms with Crippen molar-refractivity contribution in [3.05, 3.63) is 42.0 Å². The Morgan fingerprint density at radius 3 is 2.83 bits per heavy atom. The highest BCUT2D eigenvalue weighted by molar-refractivity contribution is 5.33. The van der Waals surface area contributed by atoms with Gasteiger partial charge in [0.2, 0.25) is 0 Å². The lowest BCUT2D eigenvalue weighted by Gasteiger charge is -2.14. The third-order valence-electron chi connectivity index (χ3n) is 2.92. The number of hydrogen-bond donors (Lipinski definition) is 1. The minimum Gasteiger partial charge on any atom is -0.496 e. The molecule has 2 rings (SSSR count). The lowest BCUT2D eigenvalue weighted by molar-refractivity contribution is 0.405. The largest absolute Gasteiger partial charge is 0.496 e. The maximum absolute atomic E-state index is 5.32. The number of benzene rings is 1. The number of hydrogen-bond acceptors (Lipinski definition) is 4. The molecular weight excluding hydrogens is 228 g/mol. The fraction of sp³-hybridized carbons (Fsp3) is 0.385. The third kappa shape index (κ3) is 2.68. The third-order valence-corrected chi connectivity index (χ3v) is 2.92. The Balaban J connectivity index is 2.01. The van der Waals surface area contributed by atoms with Crippen molar-refractivity contribution < 1.29 is 4.74 Å². The zero-order valence-electron chi connectivity index (χ0n) is 10.9. The summed E-state index contributed by atoms with van der Waals surface area (Å²) in [5, 5.41) is 11.4. The summed E-state index contributed by atoms with van der Waals surface area (Å²) >= 11 is 0.